The molecular weight excluding hydrogens is 448 g/mol. The smallest absolute Gasteiger partial charge is 0.417 e. The van der Waals surface area contributed by atoms with Crippen LogP contribution in [0.15, 0.2) is 50.1 Å². The van der Waals surface area contributed by atoms with E-state index in [9.17, 15) is 9.59 Å². The molecule has 0 spiro atoms. The van der Waals surface area contributed by atoms with Gasteiger partial charge in [-0.3, -0.25) is 9.78 Å². The molecule has 0 aliphatic rings. The Morgan fingerprint density at radius 1 is 1.17 bits per heavy atom. The molecule has 0 atom stereocenters. The maximum atomic E-state index is 13.0. The van der Waals surface area contributed by atoms with Crippen molar-refractivity contribution in [2.75, 3.05) is 21.2 Å². The van der Waals surface area contributed by atoms with Crippen molar-refractivity contribution in [3.63, 3.8) is 0 Å². The summed E-state index contributed by atoms with van der Waals surface area (Å²) >= 11 is 0. The quantitative estimate of drug-likeness (QED) is 0.407. The fraction of sp³-hybridized carbons (Fsp3) is 0.231. The monoisotopic (exact) mass is 472 g/mol. The highest BCUT2D eigenvalue weighted by molar-refractivity contribution is 6.13. The molecular formula is C26H24N4O5. The second-order valence-electron chi connectivity index (χ2n) is 8.57. The topological polar surface area (TPSA) is 114 Å². The number of fused-ring (bicyclic) bond motifs is 3. The molecule has 0 unspecified atom stereocenters. The van der Waals surface area contributed by atoms with Crippen molar-refractivity contribution in [2.24, 2.45) is 0 Å². The number of nitrogens with zero attached hydrogens (tertiary/aromatic N) is 3. The summed E-state index contributed by atoms with van der Waals surface area (Å²) in [5.74, 6) is 0.196. The number of H-pyrrole nitrogens is 1. The number of rotatable bonds is 5. The van der Waals surface area contributed by atoms with Crippen molar-refractivity contribution in [1.29, 1.82) is 0 Å². The number of aromatic amines is 1. The Balaban J connectivity index is 1.96. The molecule has 0 saturated carbocycles. The lowest BCUT2D eigenvalue weighted by molar-refractivity contribution is 0.0823. The highest BCUT2D eigenvalue weighted by atomic mass is 16.5. The van der Waals surface area contributed by atoms with Crippen LogP contribution in [-0.4, -0.2) is 47.1 Å². The Morgan fingerprint density at radius 3 is 2.54 bits per heavy atom. The molecule has 1 amide bonds. The molecule has 0 radical (unpaired) electrons. The number of benzene rings is 2. The maximum Gasteiger partial charge on any atom is 0.417 e. The largest absolute Gasteiger partial charge is 0.496 e. The first-order valence-electron chi connectivity index (χ1n) is 11.0. The lowest BCUT2D eigenvalue weighted by atomic mass is 9.92. The van der Waals surface area contributed by atoms with Crippen LogP contribution in [0.1, 0.15) is 33.1 Å². The molecule has 35 heavy (non-hydrogen) atoms. The summed E-state index contributed by atoms with van der Waals surface area (Å²) in [4.78, 5) is 34.1. The molecule has 5 aromatic rings. The molecule has 178 valence electrons. The van der Waals surface area contributed by atoms with Crippen LogP contribution in [0.3, 0.4) is 0 Å². The molecule has 0 bridgehead atoms. The number of ether oxygens (including phenoxy) is 1. The lowest BCUT2D eigenvalue weighted by Gasteiger charge is -2.18. The summed E-state index contributed by atoms with van der Waals surface area (Å²) in [6.07, 6.45) is 0.489. The molecule has 0 aliphatic carbocycles. The van der Waals surface area contributed by atoms with Crippen LogP contribution < -0.4 is 10.5 Å². The van der Waals surface area contributed by atoms with E-state index in [-0.39, 0.29) is 17.2 Å². The third kappa shape index (κ3) is 3.65. The number of nitrogens with one attached hydrogen (secondary N) is 1. The van der Waals surface area contributed by atoms with Gasteiger partial charge in [0.25, 0.3) is 5.91 Å². The lowest BCUT2D eigenvalue weighted by Crippen LogP contribution is -2.23. The third-order valence-corrected chi connectivity index (χ3v) is 6.04. The summed E-state index contributed by atoms with van der Waals surface area (Å²) in [7, 11) is 4.84. The van der Waals surface area contributed by atoms with Crippen LogP contribution >= 0.6 is 0 Å². The van der Waals surface area contributed by atoms with E-state index in [4.69, 9.17) is 18.7 Å². The van der Waals surface area contributed by atoms with Gasteiger partial charge in [0.15, 0.2) is 11.3 Å². The molecule has 0 saturated heterocycles. The zero-order chi connectivity index (χ0) is 24.9. The summed E-state index contributed by atoms with van der Waals surface area (Å²) in [5.41, 5.74) is 5.15. The van der Waals surface area contributed by atoms with Crippen LogP contribution in [0.4, 0.5) is 0 Å². The van der Waals surface area contributed by atoms with Crippen molar-refractivity contribution in [3.8, 4) is 16.9 Å². The van der Waals surface area contributed by atoms with Crippen molar-refractivity contribution < 1.29 is 18.5 Å². The number of hydrogen-bond donors (Lipinski definition) is 1. The third-order valence-electron chi connectivity index (χ3n) is 6.04. The van der Waals surface area contributed by atoms with Crippen molar-refractivity contribution in [1.82, 2.24) is 20.0 Å². The van der Waals surface area contributed by atoms with Crippen LogP contribution in [0.5, 0.6) is 5.75 Å². The molecule has 3 heterocycles. The molecule has 3 aromatic heterocycles. The number of carbonyl (C=O) groups excluding carboxylic acids is 1. The van der Waals surface area contributed by atoms with Crippen LogP contribution in [0, 0.1) is 13.8 Å². The van der Waals surface area contributed by atoms with Gasteiger partial charge < -0.3 is 18.6 Å². The van der Waals surface area contributed by atoms with Gasteiger partial charge in [0.05, 0.1) is 29.4 Å². The average Bonchev–Trinajstić information content (AvgIpc) is 3.39. The number of amides is 1. The number of oxazole rings is 1. The first-order valence-corrected chi connectivity index (χ1v) is 11.0. The van der Waals surface area contributed by atoms with Crippen LogP contribution in [-0.2, 0) is 6.42 Å². The number of hydrogen-bond acceptors (Lipinski definition) is 7. The van der Waals surface area contributed by atoms with Crippen molar-refractivity contribution >= 4 is 27.9 Å². The first-order chi connectivity index (χ1) is 16.8. The van der Waals surface area contributed by atoms with E-state index in [2.05, 4.69) is 10.1 Å². The van der Waals surface area contributed by atoms with E-state index in [0.29, 0.717) is 40.0 Å². The van der Waals surface area contributed by atoms with E-state index in [1.165, 1.54) is 4.90 Å². The Bertz CT molecular complexity index is 1620. The predicted molar refractivity (Wildman–Crippen MR) is 131 cm³/mol. The Kier molecular flexibility index (Phi) is 5.39. The summed E-state index contributed by atoms with van der Waals surface area (Å²) in [6.45, 7) is 3.69. The zero-order valence-electron chi connectivity index (χ0n) is 20.1. The second kappa shape index (κ2) is 8.43. The molecule has 0 fully saturated rings. The minimum atomic E-state index is -0.665. The maximum absolute atomic E-state index is 13.0. The summed E-state index contributed by atoms with van der Waals surface area (Å²) < 4.78 is 16.8. The van der Waals surface area contributed by atoms with E-state index < -0.39 is 5.76 Å². The van der Waals surface area contributed by atoms with Gasteiger partial charge in [-0.25, -0.2) is 9.78 Å². The SMILES string of the molecule is COc1c(-c2c(C)noc2C)cc2nc(C(=O)N(C)C)c3oc(=O)[nH]c3c2c1Cc1ccccc1. The van der Waals surface area contributed by atoms with Gasteiger partial charge >= 0.3 is 5.76 Å². The highest BCUT2D eigenvalue weighted by Crippen LogP contribution is 2.43. The second-order valence-corrected chi connectivity index (χ2v) is 8.57. The molecule has 9 heteroatoms. The van der Waals surface area contributed by atoms with E-state index in [1.54, 1.807) is 21.2 Å². The standard InChI is InChI=1S/C26H24N4O5/c1-13-19(14(2)35-29-13)17-12-18-20(16(23(17)33-5)11-15-9-7-6-8-10-15)21-24(34-26(32)28-21)22(27-18)25(31)30(3)4/h6-10,12H,11H2,1-5H3,(H,28,32). The predicted octanol–water partition coefficient (Wildman–Crippen LogP) is 4.24. The molecule has 5 rings (SSSR count). The van der Waals surface area contributed by atoms with Crippen molar-refractivity contribution in [2.45, 2.75) is 20.3 Å². The minimum Gasteiger partial charge on any atom is -0.496 e. The summed E-state index contributed by atoms with van der Waals surface area (Å²) in [5, 5.41) is 4.76. The van der Waals surface area contributed by atoms with Gasteiger partial charge in [0, 0.05) is 37.0 Å². The number of aryl methyl sites for hydroxylation is 2. The molecule has 2 aromatic carbocycles. The normalized spacial score (nSPS) is 11.3. The van der Waals surface area contributed by atoms with E-state index in [0.717, 1.165) is 22.3 Å². The summed E-state index contributed by atoms with van der Waals surface area (Å²) in [6, 6.07) is 11.7. The first kappa shape index (κ1) is 22.4. The molecule has 1 N–H and O–H groups in total. The van der Waals surface area contributed by atoms with Gasteiger partial charge in [-0.15, -0.1) is 0 Å². The fourth-order valence-electron chi connectivity index (χ4n) is 4.53. The number of carbonyl (C=O) groups is 1. The van der Waals surface area contributed by atoms with Gasteiger partial charge in [-0.2, -0.15) is 0 Å². The Labute approximate surface area is 200 Å². The zero-order valence-corrected chi connectivity index (χ0v) is 20.1. The van der Waals surface area contributed by atoms with Crippen molar-refractivity contribution in [3.05, 3.63) is 75.2 Å². The van der Waals surface area contributed by atoms with E-state index >= 15 is 0 Å². The highest BCUT2D eigenvalue weighted by Gasteiger charge is 2.27. The van der Waals surface area contributed by atoms with Gasteiger partial charge in [-0.1, -0.05) is 35.5 Å². The minimum absolute atomic E-state index is 0.0522. The molecule has 0 aliphatic heterocycles. The fourth-order valence-corrected chi connectivity index (χ4v) is 4.53. The van der Waals surface area contributed by atoms with Crippen LogP contribution in [0.25, 0.3) is 33.1 Å². The number of methoxy groups -OCH3 is 1. The van der Waals surface area contributed by atoms with E-state index in [1.807, 2.05) is 50.2 Å². The Hall–Kier alpha value is -4.40. The molecule has 9 nitrogen and oxygen atoms in total. The van der Waals surface area contributed by atoms with Gasteiger partial charge in [0.1, 0.15) is 11.5 Å². The average molecular weight is 473 g/mol. The number of aromatic nitrogens is 3. The Morgan fingerprint density at radius 2 is 1.91 bits per heavy atom. The van der Waals surface area contributed by atoms with Gasteiger partial charge in [0.2, 0.25) is 0 Å². The van der Waals surface area contributed by atoms with Gasteiger partial charge in [-0.05, 0) is 25.5 Å². The number of pyridine rings is 1. The van der Waals surface area contributed by atoms with Crippen LogP contribution in [0.2, 0.25) is 0 Å².